The molecule has 0 amide bonds. The van der Waals surface area contributed by atoms with Crippen molar-refractivity contribution < 1.29 is 0 Å². The van der Waals surface area contributed by atoms with Gasteiger partial charge in [-0.15, -0.1) is 0 Å². The molecular formula is C17H18ClN5. The number of pyridine rings is 2. The summed E-state index contributed by atoms with van der Waals surface area (Å²) in [6, 6.07) is 3.73. The maximum absolute atomic E-state index is 6.24. The largest absolute Gasteiger partial charge is 0.365 e. The average Bonchev–Trinajstić information content (AvgIpc) is 2.55. The van der Waals surface area contributed by atoms with E-state index in [0.717, 1.165) is 28.7 Å². The minimum Gasteiger partial charge on any atom is -0.365 e. The van der Waals surface area contributed by atoms with Gasteiger partial charge >= 0.3 is 0 Å². The Hall–Kier alpha value is -2.27. The summed E-state index contributed by atoms with van der Waals surface area (Å²) in [6.45, 7) is 6.42. The van der Waals surface area contributed by atoms with Gasteiger partial charge in [-0.05, 0) is 32.4 Å². The van der Waals surface area contributed by atoms with Crippen molar-refractivity contribution in [3.05, 3.63) is 41.9 Å². The van der Waals surface area contributed by atoms with E-state index < -0.39 is 0 Å². The van der Waals surface area contributed by atoms with Gasteiger partial charge in [-0.3, -0.25) is 9.97 Å². The van der Waals surface area contributed by atoms with Gasteiger partial charge < -0.3 is 5.32 Å². The zero-order valence-corrected chi connectivity index (χ0v) is 14.1. The molecule has 0 unspecified atom stereocenters. The molecule has 118 valence electrons. The number of hydrogen-bond donors (Lipinski definition) is 1. The van der Waals surface area contributed by atoms with E-state index in [4.69, 9.17) is 16.6 Å². The molecule has 0 aliphatic heterocycles. The van der Waals surface area contributed by atoms with E-state index in [1.54, 1.807) is 24.8 Å². The Morgan fingerprint density at radius 1 is 1.09 bits per heavy atom. The maximum Gasteiger partial charge on any atom is 0.163 e. The van der Waals surface area contributed by atoms with Gasteiger partial charge in [0.1, 0.15) is 5.82 Å². The average molecular weight is 328 g/mol. The van der Waals surface area contributed by atoms with Crippen LogP contribution in [0.2, 0.25) is 5.02 Å². The van der Waals surface area contributed by atoms with Gasteiger partial charge in [0, 0.05) is 35.1 Å². The molecule has 0 aromatic carbocycles. The highest BCUT2D eigenvalue weighted by Gasteiger charge is 2.19. The summed E-state index contributed by atoms with van der Waals surface area (Å²) in [5.74, 6) is 1.35. The van der Waals surface area contributed by atoms with Crippen molar-refractivity contribution >= 4 is 28.3 Å². The summed E-state index contributed by atoms with van der Waals surface area (Å²) in [5, 5.41) is 4.97. The molecule has 0 bridgehead atoms. The van der Waals surface area contributed by atoms with Crippen LogP contribution in [0.3, 0.4) is 0 Å². The Morgan fingerprint density at radius 3 is 2.57 bits per heavy atom. The summed E-state index contributed by atoms with van der Waals surface area (Å²) in [6.07, 6.45) is 7.72. The van der Waals surface area contributed by atoms with E-state index in [1.807, 2.05) is 12.1 Å². The molecule has 0 fully saturated rings. The highest BCUT2D eigenvalue weighted by Crippen LogP contribution is 2.29. The number of hydrogen-bond acceptors (Lipinski definition) is 5. The number of halogens is 1. The van der Waals surface area contributed by atoms with Gasteiger partial charge in [0.2, 0.25) is 0 Å². The zero-order valence-electron chi connectivity index (χ0n) is 13.3. The fourth-order valence-electron chi connectivity index (χ4n) is 2.16. The van der Waals surface area contributed by atoms with E-state index in [9.17, 15) is 0 Å². The van der Waals surface area contributed by atoms with E-state index in [2.05, 4.69) is 41.0 Å². The Bertz CT molecular complexity index is 847. The minimum atomic E-state index is -0.0795. The molecule has 0 spiro atoms. The van der Waals surface area contributed by atoms with Crippen molar-refractivity contribution in [2.45, 2.75) is 32.7 Å². The van der Waals surface area contributed by atoms with Crippen LogP contribution in [0, 0.1) is 0 Å². The van der Waals surface area contributed by atoms with Crippen molar-refractivity contribution in [1.29, 1.82) is 0 Å². The zero-order chi connectivity index (χ0) is 16.4. The smallest absolute Gasteiger partial charge is 0.163 e. The lowest BCUT2D eigenvalue weighted by Crippen LogP contribution is -2.30. The summed E-state index contributed by atoms with van der Waals surface area (Å²) in [7, 11) is 0. The van der Waals surface area contributed by atoms with E-state index in [0.29, 0.717) is 10.8 Å². The van der Waals surface area contributed by atoms with Crippen molar-refractivity contribution in [1.82, 2.24) is 19.9 Å². The lowest BCUT2D eigenvalue weighted by Gasteiger charge is -2.26. The highest BCUT2D eigenvalue weighted by molar-refractivity contribution is 6.33. The Morgan fingerprint density at radius 2 is 1.83 bits per heavy atom. The van der Waals surface area contributed by atoms with Crippen molar-refractivity contribution in [3.63, 3.8) is 0 Å². The second-order valence-corrected chi connectivity index (χ2v) is 6.41. The molecule has 3 aromatic rings. The predicted molar refractivity (Wildman–Crippen MR) is 93.6 cm³/mol. The molecule has 0 aliphatic carbocycles. The normalized spacial score (nSPS) is 11.7. The first-order valence-corrected chi connectivity index (χ1v) is 7.88. The Balaban J connectivity index is 2.20. The molecule has 0 saturated heterocycles. The van der Waals surface area contributed by atoms with Crippen LogP contribution >= 0.6 is 11.6 Å². The molecule has 0 saturated carbocycles. The molecule has 6 heteroatoms. The first kappa shape index (κ1) is 15.6. The Labute approximate surface area is 140 Å². The molecule has 23 heavy (non-hydrogen) atoms. The van der Waals surface area contributed by atoms with Crippen LogP contribution in [-0.2, 0) is 0 Å². The second kappa shape index (κ2) is 6.08. The third-order valence-corrected chi connectivity index (χ3v) is 4.15. The van der Waals surface area contributed by atoms with Gasteiger partial charge in [-0.25, -0.2) is 9.97 Å². The summed E-state index contributed by atoms with van der Waals surface area (Å²) >= 11 is 6.24. The number of anilines is 1. The number of aromatic nitrogens is 4. The van der Waals surface area contributed by atoms with Crippen LogP contribution in [0.15, 0.2) is 36.9 Å². The molecule has 3 aromatic heterocycles. The number of fused-ring (bicyclic) bond motifs is 1. The van der Waals surface area contributed by atoms with Crippen LogP contribution in [0.25, 0.3) is 22.3 Å². The SMILES string of the molecule is CCC(C)(C)Nc1nc(-c2ccncc2Cl)nc2cnccc12. The van der Waals surface area contributed by atoms with Crippen molar-refractivity contribution in [2.24, 2.45) is 0 Å². The van der Waals surface area contributed by atoms with Crippen LogP contribution in [0.1, 0.15) is 27.2 Å². The topological polar surface area (TPSA) is 63.6 Å². The van der Waals surface area contributed by atoms with Crippen molar-refractivity contribution in [3.8, 4) is 11.4 Å². The fourth-order valence-corrected chi connectivity index (χ4v) is 2.37. The first-order valence-electron chi connectivity index (χ1n) is 7.50. The third kappa shape index (κ3) is 3.24. The van der Waals surface area contributed by atoms with E-state index >= 15 is 0 Å². The lowest BCUT2D eigenvalue weighted by atomic mass is 10.0. The van der Waals surface area contributed by atoms with Crippen LogP contribution in [0.5, 0.6) is 0 Å². The predicted octanol–water partition coefficient (Wildman–Crippen LogP) is 4.34. The van der Waals surface area contributed by atoms with E-state index in [-0.39, 0.29) is 5.54 Å². The van der Waals surface area contributed by atoms with Gasteiger partial charge in [0.25, 0.3) is 0 Å². The summed E-state index contributed by atoms with van der Waals surface area (Å²) < 4.78 is 0. The molecule has 3 heterocycles. The van der Waals surface area contributed by atoms with Gasteiger partial charge in [-0.2, -0.15) is 0 Å². The molecular weight excluding hydrogens is 310 g/mol. The van der Waals surface area contributed by atoms with Crippen LogP contribution in [0.4, 0.5) is 5.82 Å². The van der Waals surface area contributed by atoms with Gasteiger partial charge in [0.05, 0.1) is 16.7 Å². The molecule has 0 atom stereocenters. The monoisotopic (exact) mass is 327 g/mol. The molecule has 5 nitrogen and oxygen atoms in total. The summed E-state index contributed by atoms with van der Waals surface area (Å²) in [4.78, 5) is 17.5. The maximum atomic E-state index is 6.24. The highest BCUT2D eigenvalue weighted by atomic mass is 35.5. The quantitative estimate of drug-likeness (QED) is 0.772. The Kier molecular flexibility index (Phi) is 4.13. The number of rotatable bonds is 4. The third-order valence-electron chi connectivity index (χ3n) is 3.85. The van der Waals surface area contributed by atoms with Crippen LogP contribution in [-0.4, -0.2) is 25.5 Å². The van der Waals surface area contributed by atoms with Gasteiger partial charge in [-0.1, -0.05) is 18.5 Å². The van der Waals surface area contributed by atoms with Gasteiger partial charge in [0.15, 0.2) is 5.82 Å². The lowest BCUT2D eigenvalue weighted by molar-refractivity contribution is 0.545. The molecule has 0 aliphatic rings. The molecule has 0 radical (unpaired) electrons. The molecule has 1 N–H and O–H groups in total. The molecule has 3 rings (SSSR count). The second-order valence-electron chi connectivity index (χ2n) is 6.01. The van der Waals surface area contributed by atoms with Crippen molar-refractivity contribution in [2.75, 3.05) is 5.32 Å². The fraction of sp³-hybridized carbons (Fsp3) is 0.294. The minimum absolute atomic E-state index is 0.0795. The number of nitrogens with zero attached hydrogens (tertiary/aromatic N) is 4. The first-order chi connectivity index (χ1) is 11.0. The van der Waals surface area contributed by atoms with Crippen LogP contribution < -0.4 is 5.32 Å². The number of nitrogens with one attached hydrogen (secondary N) is 1. The van der Waals surface area contributed by atoms with E-state index in [1.165, 1.54) is 0 Å². The standard InChI is InChI=1S/C17H18ClN5/c1-4-17(2,3)23-16-12-6-8-20-10-14(12)21-15(22-16)11-5-7-19-9-13(11)18/h5-10H,4H2,1-3H3,(H,21,22,23). The summed E-state index contributed by atoms with van der Waals surface area (Å²) in [5.41, 5.74) is 1.45.